The molecule has 4 rings (SSSR count). The lowest BCUT2D eigenvalue weighted by atomic mass is 9.99. The Morgan fingerprint density at radius 2 is 1.94 bits per heavy atom. The van der Waals surface area contributed by atoms with Gasteiger partial charge in [0.1, 0.15) is 11.4 Å². The van der Waals surface area contributed by atoms with Gasteiger partial charge in [0.05, 0.1) is 16.2 Å². The van der Waals surface area contributed by atoms with E-state index in [0.717, 1.165) is 27.5 Å². The third-order valence-corrected chi connectivity index (χ3v) is 7.17. The summed E-state index contributed by atoms with van der Waals surface area (Å²) in [6, 6.07) is 12.7. The van der Waals surface area contributed by atoms with Crippen LogP contribution in [-0.2, 0) is 14.6 Å². The van der Waals surface area contributed by atoms with Gasteiger partial charge in [0, 0.05) is 31.1 Å². The molecule has 0 unspecified atom stereocenters. The van der Waals surface area contributed by atoms with Crippen molar-refractivity contribution < 1.29 is 17.9 Å². The van der Waals surface area contributed by atoms with Crippen molar-refractivity contribution in [1.29, 1.82) is 0 Å². The molecule has 2 aromatic carbocycles. The average molecular weight is 452 g/mol. The van der Waals surface area contributed by atoms with Crippen LogP contribution < -0.4 is 4.74 Å². The van der Waals surface area contributed by atoms with Gasteiger partial charge in [-0.05, 0) is 53.9 Å². The number of carbonyl (C=O) groups excluding carboxylic acids is 1. The number of sulfone groups is 1. The molecule has 8 heteroatoms. The Morgan fingerprint density at radius 3 is 2.66 bits per heavy atom. The van der Waals surface area contributed by atoms with Crippen molar-refractivity contribution in [2.24, 2.45) is 0 Å². The summed E-state index contributed by atoms with van der Waals surface area (Å²) in [6.07, 6.45) is 1.78. The summed E-state index contributed by atoms with van der Waals surface area (Å²) in [5.74, 6) is 0.422. The van der Waals surface area contributed by atoms with E-state index in [2.05, 4.69) is 9.97 Å². The number of nitrogens with one attached hydrogen (secondary N) is 1. The average Bonchev–Trinajstić information content (AvgIpc) is 3.16. The molecule has 4 aromatic rings. The SMILES string of the molecule is CCS(=O)(=O)c1cccc(-c2ccc(OCC(=O)N(C)C)c3[nH]c4ncc(C)cc4c23)c1. The number of nitrogens with zero attached hydrogens (tertiary/aromatic N) is 2. The molecule has 0 saturated heterocycles. The summed E-state index contributed by atoms with van der Waals surface area (Å²) < 4.78 is 30.7. The molecule has 0 radical (unpaired) electrons. The second-order valence-corrected chi connectivity index (χ2v) is 10.2. The molecule has 0 saturated carbocycles. The Morgan fingerprint density at radius 1 is 1.16 bits per heavy atom. The van der Waals surface area contributed by atoms with E-state index >= 15 is 0 Å². The number of likely N-dealkylation sites (N-methyl/N-ethyl adjacent to an activating group) is 1. The highest BCUT2D eigenvalue weighted by Crippen LogP contribution is 2.39. The summed E-state index contributed by atoms with van der Waals surface area (Å²) in [5.41, 5.74) is 4.05. The first kappa shape index (κ1) is 21.8. The van der Waals surface area contributed by atoms with Crippen LogP contribution in [0.5, 0.6) is 5.75 Å². The van der Waals surface area contributed by atoms with Crippen LogP contribution in [0.2, 0.25) is 0 Å². The fourth-order valence-corrected chi connectivity index (χ4v) is 4.54. The van der Waals surface area contributed by atoms with Gasteiger partial charge in [0.15, 0.2) is 16.4 Å². The minimum Gasteiger partial charge on any atom is -0.482 e. The predicted molar refractivity (Wildman–Crippen MR) is 126 cm³/mol. The number of ether oxygens (including phenoxy) is 1. The highest BCUT2D eigenvalue weighted by Gasteiger charge is 2.18. The second kappa shape index (κ2) is 8.27. The molecule has 7 nitrogen and oxygen atoms in total. The first-order valence-electron chi connectivity index (χ1n) is 10.3. The van der Waals surface area contributed by atoms with Crippen molar-refractivity contribution in [3.8, 4) is 16.9 Å². The zero-order valence-corrected chi connectivity index (χ0v) is 19.3. The Kier molecular flexibility index (Phi) is 5.64. The van der Waals surface area contributed by atoms with Crippen LogP contribution in [0.4, 0.5) is 0 Å². The lowest BCUT2D eigenvalue weighted by Gasteiger charge is -2.13. The zero-order valence-electron chi connectivity index (χ0n) is 18.5. The van der Waals surface area contributed by atoms with E-state index in [1.165, 1.54) is 4.90 Å². The van der Waals surface area contributed by atoms with Crippen LogP contribution in [0.1, 0.15) is 12.5 Å². The number of aromatic amines is 1. The highest BCUT2D eigenvalue weighted by molar-refractivity contribution is 7.91. The summed E-state index contributed by atoms with van der Waals surface area (Å²) in [5, 5.41) is 1.78. The first-order valence-corrected chi connectivity index (χ1v) is 11.9. The number of carbonyl (C=O) groups is 1. The number of hydrogen-bond donors (Lipinski definition) is 1. The van der Waals surface area contributed by atoms with Crippen LogP contribution in [0.25, 0.3) is 33.1 Å². The minimum absolute atomic E-state index is 0.0365. The van der Waals surface area contributed by atoms with Crippen LogP contribution in [0, 0.1) is 6.92 Å². The molecule has 32 heavy (non-hydrogen) atoms. The van der Waals surface area contributed by atoms with Crippen LogP contribution in [0.15, 0.2) is 53.6 Å². The smallest absolute Gasteiger partial charge is 0.259 e. The first-order chi connectivity index (χ1) is 15.2. The van der Waals surface area contributed by atoms with E-state index in [1.807, 2.05) is 25.1 Å². The monoisotopic (exact) mass is 451 g/mol. The van der Waals surface area contributed by atoms with Crippen molar-refractivity contribution in [1.82, 2.24) is 14.9 Å². The number of H-pyrrole nitrogens is 1. The Labute approximate surface area is 186 Å². The fraction of sp³-hybridized carbons (Fsp3) is 0.250. The summed E-state index contributed by atoms with van der Waals surface area (Å²) >= 11 is 0. The normalized spacial score (nSPS) is 11.8. The quantitative estimate of drug-likeness (QED) is 0.479. The van der Waals surface area contributed by atoms with E-state index in [-0.39, 0.29) is 23.2 Å². The number of fused-ring (bicyclic) bond motifs is 3. The van der Waals surface area contributed by atoms with Crippen molar-refractivity contribution in [2.45, 2.75) is 18.7 Å². The maximum Gasteiger partial charge on any atom is 0.259 e. The van der Waals surface area contributed by atoms with Gasteiger partial charge < -0.3 is 14.6 Å². The molecular weight excluding hydrogens is 426 g/mol. The Bertz CT molecular complexity index is 1440. The molecule has 0 spiro atoms. The largest absolute Gasteiger partial charge is 0.482 e. The van der Waals surface area contributed by atoms with Crippen LogP contribution >= 0.6 is 0 Å². The van der Waals surface area contributed by atoms with Crippen molar-refractivity contribution in [2.75, 3.05) is 26.5 Å². The Balaban J connectivity index is 1.94. The molecule has 166 valence electrons. The second-order valence-electron chi connectivity index (χ2n) is 7.90. The number of pyridine rings is 1. The van der Waals surface area contributed by atoms with Gasteiger partial charge >= 0.3 is 0 Å². The zero-order chi connectivity index (χ0) is 23.0. The topological polar surface area (TPSA) is 92.4 Å². The van der Waals surface area contributed by atoms with Gasteiger partial charge in [-0.2, -0.15) is 0 Å². The third-order valence-electron chi connectivity index (χ3n) is 5.44. The molecule has 0 aliphatic heterocycles. The summed E-state index contributed by atoms with van der Waals surface area (Å²) in [7, 11) is 0.0166. The molecule has 1 amide bonds. The number of amides is 1. The lowest BCUT2D eigenvalue weighted by molar-refractivity contribution is -0.130. The van der Waals surface area contributed by atoms with E-state index < -0.39 is 9.84 Å². The maximum absolute atomic E-state index is 12.4. The van der Waals surface area contributed by atoms with Crippen molar-refractivity contribution in [3.63, 3.8) is 0 Å². The molecule has 2 aromatic heterocycles. The third kappa shape index (κ3) is 3.93. The molecule has 0 bridgehead atoms. The summed E-state index contributed by atoms with van der Waals surface area (Å²) in [4.78, 5) is 21.6. The molecule has 0 fully saturated rings. The molecule has 1 N–H and O–H groups in total. The number of aromatic nitrogens is 2. The van der Waals surface area contributed by atoms with Gasteiger partial charge in [-0.15, -0.1) is 0 Å². The standard InChI is InChI=1S/C24H25N3O4S/c1-5-32(29,30)17-8-6-7-16(12-17)18-9-10-20(31-14-21(28)27(3)4)23-22(18)19-11-15(2)13-25-24(19)26-23/h6-13H,5,14H2,1-4H3,(H,25,26). The molecule has 2 heterocycles. The Hall–Kier alpha value is -3.39. The van der Waals surface area contributed by atoms with E-state index in [0.29, 0.717) is 16.9 Å². The van der Waals surface area contributed by atoms with Crippen molar-refractivity contribution >= 4 is 37.7 Å². The number of aryl methyl sites for hydroxylation is 1. The number of benzene rings is 2. The van der Waals surface area contributed by atoms with Crippen LogP contribution in [0.3, 0.4) is 0 Å². The van der Waals surface area contributed by atoms with E-state index in [1.54, 1.807) is 51.5 Å². The molecule has 0 aliphatic rings. The van der Waals surface area contributed by atoms with Gasteiger partial charge in [0.2, 0.25) is 0 Å². The minimum atomic E-state index is -3.34. The fourth-order valence-electron chi connectivity index (χ4n) is 3.62. The number of rotatable bonds is 6. The highest BCUT2D eigenvalue weighted by atomic mass is 32.2. The van der Waals surface area contributed by atoms with Crippen molar-refractivity contribution in [3.05, 3.63) is 54.2 Å². The van der Waals surface area contributed by atoms with E-state index in [4.69, 9.17) is 4.74 Å². The lowest BCUT2D eigenvalue weighted by Crippen LogP contribution is -2.27. The van der Waals surface area contributed by atoms with Gasteiger partial charge in [-0.3, -0.25) is 4.79 Å². The predicted octanol–water partition coefficient (Wildman–Crippen LogP) is 3.95. The molecular formula is C24H25N3O4S. The van der Waals surface area contributed by atoms with Crippen LogP contribution in [-0.4, -0.2) is 55.6 Å². The molecule has 0 atom stereocenters. The van der Waals surface area contributed by atoms with Gasteiger partial charge in [-0.1, -0.05) is 19.1 Å². The molecule has 0 aliphatic carbocycles. The van der Waals surface area contributed by atoms with Gasteiger partial charge in [0.25, 0.3) is 5.91 Å². The van der Waals surface area contributed by atoms with Gasteiger partial charge in [-0.25, -0.2) is 13.4 Å². The number of hydrogen-bond acceptors (Lipinski definition) is 5. The maximum atomic E-state index is 12.4. The summed E-state index contributed by atoms with van der Waals surface area (Å²) in [6.45, 7) is 3.51. The van der Waals surface area contributed by atoms with E-state index in [9.17, 15) is 13.2 Å².